The van der Waals surface area contributed by atoms with E-state index in [0.29, 0.717) is 12.8 Å². The number of ketones is 1. The molecule has 1 unspecified atom stereocenters. The number of allylic oxidation sites excluding steroid dienone is 1. The van der Waals surface area contributed by atoms with Crippen LogP contribution in [0.15, 0.2) is 36.0 Å². The fourth-order valence-electron chi connectivity index (χ4n) is 4.35. The van der Waals surface area contributed by atoms with Crippen molar-refractivity contribution >= 4 is 28.3 Å². The van der Waals surface area contributed by atoms with Crippen molar-refractivity contribution in [3.63, 3.8) is 0 Å². The molecule has 4 nitrogen and oxygen atoms in total. The minimum absolute atomic E-state index is 0.106. The number of fused-ring (bicyclic) bond motifs is 5. The lowest BCUT2D eigenvalue weighted by molar-refractivity contribution is -0.114. The Labute approximate surface area is 152 Å². The van der Waals surface area contributed by atoms with Gasteiger partial charge in [0.2, 0.25) is 0 Å². The van der Waals surface area contributed by atoms with Crippen molar-refractivity contribution in [2.45, 2.75) is 37.6 Å². The number of nitrogens with one attached hydrogen (secondary N) is 1. The Hall–Kier alpha value is -2.25. The second-order valence-electron chi connectivity index (χ2n) is 7.00. The number of H-pyrrole nitrogens is 1. The van der Waals surface area contributed by atoms with Crippen LogP contribution in [0.3, 0.4) is 0 Å². The zero-order valence-corrected chi connectivity index (χ0v) is 14.9. The summed E-state index contributed by atoms with van der Waals surface area (Å²) < 4.78 is 0. The van der Waals surface area contributed by atoms with Crippen LogP contribution < -0.4 is 0 Å². The summed E-state index contributed by atoms with van der Waals surface area (Å²) in [7, 11) is 0. The normalized spacial score (nSPS) is 23.4. The van der Waals surface area contributed by atoms with Gasteiger partial charge in [-0.25, -0.2) is 0 Å². The molecule has 1 N–H and O–H groups in total. The van der Waals surface area contributed by atoms with Gasteiger partial charge in [0.1, 0.15) is 5.38 Å². The van der Waals surface area contributed by atoms with Crippen LogP contribution in [-0.4, -0.2) is 27.6 Å². The Morgan fingerprint density at radius 3 is 3.04 bits per heavy atom. The van der Waals surface area contributed by atoms with Gasteiger partial charge in [-0.1, -0.05) is 18.2 Å². The minimum atomic E-state index is -0.534. The largest absolute Gasteiger partial charge is 0.368 e. The van der Waals surface area contributed by atoms with Crippen molar-refractivity contribution < 1.29 is 4.79 Å². The van der Waals surface area contributed by atoms with Crippen molar-refractivity contribution in [3.05, 3.63) is 47.3 Å². The number of alkyl halides is 1. The molecule has 0 amide bonds. The molecule has 2 aliphatic heterocycles. The first-order chi connectivity index (χ1) is 12.1. The second-order valence-corrected chi connectivity index (χ2v) is 7.53. The van der Waals surface area contributed by atoms with E-state index in [2.05, 4.69) is 34.2 Å². The summed E-state index contributed by atoms with van der Waals surface area (Å²) >= 11 is 6.17. The molecule has 5 heteroatoms. The molecule has 4 rings (SSSR count). The molecule has 3 atom stereocenters. The van der Waals surface area contributed by atoms with Crippen molar-refractivity contribution in [2.75, 3.05) is 6.54 Å². The van der Waals surface area contributed by atoms with Gasteiger partial charge in [-0.3, -0.25) is 4.79 Å². The van der Waals surface area contributed by atoms with Crippen LogP contribution in [0, 0.1) is 17.2 Å². The number of para-hydroxylation sites is 1. The first-order valence-corrected chi connectivity index (χ1v) is 9.12. The van der Waals surface area contributed by atoms with E-state index < -0.39 is 5.38 Å². The highest BCUT2D eigenvalue weighted by Crippen LogP contribution is 2.45. The third-order valence-corrected chi connectivity index (χ3v) is 5.75. The van der Waals surface area contributed by atoms with Crippen LogP contribution in [0.25, 0.3) is 10.9 Å². The lowest BCUT2D eigenvalue weighted by Gasteiger charge is -2.43. The number of Topliss-reactive ketones (excluding diaryl/α,β-unsaturated/α-hetero) is 1. The van der Waals surface area contributed by atoms with Crippen molar-refractivity contribution in [1.29, 1.82) is 5.26 Å². The first kappa shape index (κ1) is 16.2. The fourth-order valence-corrected chi connectivity index (χ4v) is 4.58. The molecule has 0 aliphatic carbocycles. The molecule has 2 aliphatic rings. The van der Waals surface area contributed by atoms with Crippen LogP contribution in [0.1, 0.15) is 37.1 Å². The van der Waals surface area contributed by atoms with Gasteiger partial charge in [-0.05, 0) is 43.7 Å². The lowest BCUT2D eigenvalue weighted by Crippen LogP contribution is -2.40. The molecule has 3 heterocycles. The predicted octanol–water partition coefficient (Wildman–Crippen LogP) is 4.08. The van der Waals surface area contributed by atoms with Gasteiger partial charge in [0.05, 0.1) is 12.1 Å². The van der Waals surface area contributed by atoms with Crippen LogP contribution >= 0.6 is 11.6 Å². The van der Waals surface area contributed by atoms with Crippen LogP contribution in [-0.2, 0) is 11.2 Å². The lowest BCUT2D eigenvalue weighted by atomic mass is 9.79. The number of carbonyl (C=O) groups excluding carboxylic acids is 1. The number of carbonyl (C=O) groups is 1. The molecule has 0 bridgehead atoms. The molecule has 0 radical (unpaired) electrons. The Balaban J connectivity index is 1.81. The summed E-state index contributed by atoms with van der Waals surface area (Å²) in [6.45, 7) is 2.50. The van der Waals surface area contributed by atoms with Crippen LogP contribution in [0.4, 0.5) is 0 Å². The van der Waals surface area contributed by atoms with E-state index in [-0.39, 0.29) is 17.7 Å². The highest BCUT2D eigenvalue weighted by molar-refractivity contribution is 6.22. The molecule has 128 valence electrons. The third kappa shape index (κ3) is 2.73. The van der Waals surface area contributed by atoms with Crippen molar-refractivity contribution in [1.82, 2.24) is 9.88 Å². The molecular weight excluding hydrogens is 334 g/mol. The second kappa shape index (κ2) is 6.24. The highest BCUT2D eigenvalue weighted by Gasteiger charge is 2.39. The van der Waals surface area contributed by atoms with Gasteiger partial charge in [0, 0.05) is 34.9 Å². The SMILES string of the molecule is CC(=O)C1=CN2CCc3c([nH]c4ccccc34)[C@H]2[C@@H](CC(Cl)C#N)C1. The molecule has 0 saturated heterocycles. The number of halogens is 1. The summed E-state index contributed by atoms with van der Waals surface area (Å²) in [5.74, 6) is 0.257. The Bertz CT molecular complexity index is 907. The third-order valence-electron chi connectivity index (χ3n) is 5.47. The van der Waals surface area contributed by atoms with Crippen LogP contribution in [0.2, 0.25) is 0 Å². The van der Waals surface area contributed by atoms with Gasteiger partial charge in [0.15, 0.2) is 5.78 Å². The van der Waals surface area contributed by atoms with Crippen molar-refractivity contribution in [2.24, 2.45) is 5.92 Å². The summed E-state index contributed by atoms with van der Waals surface area (Å²) in [4.78, 5) is 17.8. The molecule has 0 spiro atoms. The zero-order chi connectivity index (χ0) is 17.6. The maximum absolute atomic E-state index is 12.0. The minimum Gasteiger partial charge on any atom is -0.368 e. The predicted molar refractivity (Wildman–Crippen MR) is 98.2 cm³/mol. The van der Waals surface area contributed by atoms with E-state index >= 15 is 0 Å². The topological polar surface area (TPSA) is 59.9 Å². The van der Waals surface area contributed by atoms with Gasteiger partial charge >= 0.3 is 0 Å². The maximum Gasteiger partial charge on any atom is 0.157 e. The van der Waals surface area contributed by atoms with E-state index in [0.717, 1.165) is 24.1 Å². The molecule has 0 fully saturated rings. The summed E-state index contributed by atoms with van der Waals surface area (Å²) in [6.07, 6.45) is 4.23. The molecule has 2 aromatic rings. The number of nitrogens with zero attached hydrogens (tertiary/aromatic N) is 2. The Kier molecular flexibility index (Phi) is 4.05. The summed E-state index contributed by atoms with van der Waals surface area (Å²) in [6, 6.07) is 10.7. The smallest absolute Gasteiger partial charge is 0.157 e. The number of hydrogen-bond donors (Lipinski definition) is 1. The van der Waals surface area contributed by atoms with Gasteiger partial charge in [-0.2, -0.15) is 5.26 Å². The number of aromatic nitrogens is 1. The van der Waals surface area contributed by atoms with E-state index in [1.807, 2.05) is 12.3 Å². The van der Waals surface area contributed by atoms with E-state index in [4.69, 9.17) is 16.9 Å². The molecule has 25 heavy (non-hydrogen) atoms. The summed E-state index contributed by atoms with van der Waals surface area (Å²) in [5.41, 5.74) is 4.57. The quantitative estimate of drug-likeness (QED) is 0.846. The monoisotopic (exact) mass is 353 g/mol. The van der Waals surface area contributed by atoms with Gasteiger partial charge in [0.25, 0.3) is 0 Å². The van der Waals surface area contributed by atoms with Crippen LogP contribution in [0.5, 0.6) is 0 Å². The molecule has 0 saturated carbocycles. The fraction of sp³-hybridized carbons (Fsp3) is 0.400. The number of benzene rings is 1. The standard InChI is InChI=1S/C20H20ClN3O/c1-12(25)14-8-13(9-15(21)10-22)20-19-17(6-7-24(20)11-14)16-4-2-3-5-18(16)23-19/h2-5,11,13,15,20,23H,6-9H2,1H3/t13-,15?,20-/m1/s1. The molecule has 1 aromatic heterocycles. The summed E-state index contributed by atoms with van der Waals surface area (Å²) in [5, 5.41) is 9.90. The van der Waals surface area contributed by atoms with E-state index in [1.54, 1.807) is 6.92 Å². The molecular formula is C20H20ClN3O. The first-order valence-electron chi connectivity index (χ1n) is 8.69. The zero-order valence-electron chi connectivity index (χ0n) is 14.1. The maximum atomic E-state index is 12.0. The number of aromatic amines is 1. The number of nitriles is 1. The highest BCUT2D eigenvalue weighted by atomic mass is 35.5. The molecule has 1 aromatic carbocycles. The van der Waals surface area contributed by atoms with Crippen molar-refractivity contribution in [3.8, 4) is 6.07 Å². The number of rotatable bonds is 3. The average Bonchev–Trinajstić information content (AvgIpc) is 2.99. The average molecular weight is 354 g/mol. The van der Waals surface area contributed by atoms with E-state index in [1.165, 1.54) is 16.6 Å². The number of hydrogen-bond acceptors (Lipinski definition) is 3. The Morgan fingerprint density at radius 1 is 1.48 bits per heavy atom. The van der Waals surface area contributed by atoms with E-state index in [9.17, 15) is 4.79 Å². The Morgan fingerprint density at radius 2 is 2.28 bits per heavy atom. The van der Waals surface area contributed by atoms with Gasteiger partial charge < -0.3 is 9.88 Å². The van der Waals surface area contributed by atoms with Gasteiger partial charge in [-0.15, -0.1) is 11.6 Å².